The zero-order valence-electron chi connectivity index (χ0n) is 15.0. The highest BCUT2D eigenvalue weighted by Gasteiger charge is 2.34. The molecule has 2 aliphatic rings. The summed E-state index contributed by atoms with van der Waals surface area (Å²) in [6, 6.07) is 1.58. The highest BCUT2D eigenvalue weighted by molar-refractivity contribution is 5.42. The lowest BCUT2D eigenvalue weighted by atomic mass is 9.96. The van der Waals surface area contributed by atoms with Gasteiger partial charge >= 0.3 is 6.18 Å². The SMILES string of the molecule is O=c1ccc(C(F)(F)F)nn1CC1CCN(c2ncnc(C3CC3)c2F)CC1. The van der Waals surface area contributed by atoms with Gasteiger partial charge in [-0.1, -0.05) is 0 Å². The van der Waals surface area contributed by atoms with Gasteiger partial charge in [0, 0.05) is 31.6 Å². The summed E-state index contributed by atoms with van der Waals surface area (Å²) in [5.41, 5.74) is -1.18. The Labute approximate surface area is 158 Å². The predicted molar refractivity (Wildman–Crippen MR) is 92.4 cm³/mol. The molecule has 0 unspecified atom stereocenters. The summed E-state index contributed by atoms with van der Waals surface area (Å²) in [5, 5.41) is 3.45. The molecule has 2 aromatic heterocycles. The van der Waals surface area contributed by atoms with Crippen LogP contribution in [0.5, 0.6) is 0 Å². The summed E-state index contributed by atoms with van der Waals surface area (Å²) in [6.45, 7) is 1.13. The van der Waals surface area contributed by atoms with Crippen LogP contribution in [0.1, 0.15) is 43.0 Å². The monoisotopic (exact) mass is 397 g/mol. The van der Waals surface area contributed by atoms with Gasteiger partial charge in [-0.15, -0.1) is 0 Å². The molecular weight excluding hydrogens is 378 g/mol. The van der Waals surface area contributed by atoms with Gasteiger partial charge in [0.15, 0.2) is 17.3 Å². The predicted octanol–water partition coefficient (Wildman–Crippen LogP) is 2.99. The molecule has 4 rings (SSSR count). The quantitative estimate of drug-likeness (QED) is 0.743. The van der Waals surface area contributed by atoms with E-state index in [0.717, 1.165) is 23.6 Å². The van der Waals surface area contributed by atoms with Crippen molar-refractivity contribution in [3.63, 3.8) is 0 Å². The van der Waals surface area contributed by atoms with E-state index >= 15 is 0 Å². The van der Waals surface area contributed by atoms with E-state index in [9.17, 15) is 22.4 Å². The molecule has 1 aliphatic heterocycles. The van der Waals surface area contributed by atoms with Crippen LogP contribution in [0.25, 0.3) is 0 Å². The smallest absolute Gasteiger partial charge is 0.354 e. The van der Waals surface area contributed by atoms with Crippen molar-refractivity contribution in [2.24, 2.45) is 5.92 Å². The standard InChI is InChI=1S/C18H19F4N5O/c19-15-16(12-1-2-12)23-10-24-17(15)26-7-5-11(6-8-26)9-27-14(28)4-3-13(25-27)18(20,21)22/h3-4,10-12H,1-2,5-9H2. The van der Waals surface area contributed by atoms with Crippen LogP contribution in [0, 0.1) is 11.7 Å². The van der Waals surface area contributed by atoms with E-state index < -0.39 is 17.4 Å². The van der Waals surface area contributed by atoms with Crippen LogP contribution in [0.15, 0.2) is 23.3 Å². The summed E-state index contributed by atoms with van der Waals surface area (Å²) in [4.78, 5) is 21.8. The maximum atomic E-state index is 14.7. The molecule has 1 saturated carbocycles. The van der Waals surface area contributed by atoms with Crippen LogP contribution in [-0.2, 0) is 12.7 Å². The first kappa shape index (κ1) is 18.8. The van der Waals surface area contributed by atoms with E-state index in [4.69, 9.17) is 0 Å². The van der Waals surface area contributed by atoms with Gasteiger partial charge in [-0.05, 0) is 37.7 Å². The molecule has 28 heavy (non-hydrogen) atoms. The Morgan fingerprint density at radius 1 is 1.07 bits per heavy atom. The third-order valence-electron chi connectivity index (χ3n) is 5.26. The highest BCUT2D eigenvalue weighted by atomic mass is 19.4. The number of piperidine rings is 1. The van der Waals surface area contributed by atoms with Crippen molar-refractivity contribution in [2.75, 3.05) is 18.0 Å². The fourth-order valence-corrected chi connectivity index (χ4v) is 3.54. The minimum Gasteiger partial charge on any atom is -0.354 e. The first-order valence-corrected chi connectivity index (χ1v) is 9.23. The molecule has 1 saturated heterocycles. The topological polar surface area (TPSA) is 63.9 Å². The number of hydrogen-bond acceptors (Lipinski definition) is 5. The average Bonchev–Trinajstić information content (AvgIpc) is 3.49. The summed E-state index contributed by atoms with van der Waals surface area (Å²) >= 11 is 0. The largest absolute Gasteiger partial charge is 0.435 e. The van der Waals surface area contributed by atoms with Gasteiger partial charge in [-0.3, -0.25) is 4.79 Å². The fraction of sp³-hybridized carbons (Fsp3) is 0.556. The molecule has 10 heteroatoms. The summed E-state index contributed by atoms with van der Waals surface area (Å²) in [6.07, 6.45) is -0.131. The minimum atomic E-state index is -4.59. The molecule has 0 aromatic carbocycles. The number of aromatic nitrogens is 4. The Bertz CT molecular complexity index is 917. The zero-order chi connectivity index (χ0) is 19.9. The van der Waals surface area contributed by atoms with Crippen LogP contribution in [0.2, 0.25) is 0 Å². The van der Waals surface area contributed by atoms with Crippen molar-refractivity contribution in [3.05, 3.63) is 46.0 Å². The molecule has 150 valence electrons. The van der Waals surface area contributed by atoms with E-state index in [1.807, 2.05) is 4.90 Å². The van der Waals surface area contributed by atoms with Crippen LogP contribution in [0.3, 0.4) is 0 Å². The lowest BCUT2D eigenvalue weighted by molar-refractivity contribution is -0.142. The third kappa shape index (κ3) is 3.85. The van der Waals surface area contributed by atoms with Gasteiger partial charge in [-0.25, -0.2) is 19.0 Å². The lowest BCUT2D eigenvalue weighted by Crippen LogP contribution is -2.38. The van der Waals surface area contributed by atoms with Crippen molar-refractivity contribution in [1.29, 1.82) is 0 Å². The highest BCUT2D eigenvalue weighted by Crippen LogP contribution is 2.41. The van der Waals surface area contributed by atoms with E-state index in [1.165, 1.54) is 6.33 Å². The minimum absolute atomic E-state index is 0.0160. The summed E-state index contributed by atoms with van der Waals surface area (Å²) in [7, 11) is 0. The van der Waals surface area contributed by atoms with Gasteiger partial charge in [0.25, 0.3) is 5.56 Å². The Morgan fingerprint density at radius 2 is 1.79 bits per heavy atom. The van der Waals surface area contributed by atoms with E-state index in [2.05, 4.69) is 15.1 Å². The van der Waals surface area contributed by atoms with E-state index in [-0.39, 0.29) is 30.0 Å². The van der Waals surface area contributed by atoms with Crippen LogP contribution < -0.4 is 10.5 Å². The Morgan fingerprint density at radius 3 is 2.43 bits per heavy atom. The Balaban J connectivity index is 1.43. The molecule has 0 spiro atoms. The van der Waals surface area contributed by atoms with Gasteiger partial charge < -0.3 is 4.90 Å². The van der Waals surface area contributed by atoms with Crippen LogP contribution in [0.4, 0.5) is 23.4 Å². The number of rotatable bonds is 4. The molecule has 0 bridgehead atoms. The number of hydrogen-bond donors (Lipinski definition) is 0. The number of alkyl halides is 3. The molecule has 0 atom stereocenters. The summed E-state index contributed by atoms with van der Waals surface area (Å²) in [5.74, 6) is 0.0693. The van der Waals surface area contributed by atoms with Crippen molar-refractivity contribution in [2.45, 2.75) is 44.3 Å². The lowest BCUT2D eigenvalue weighted by Gasteiger charge is -2.33. The number of nitrogens with zero attached hydrogens (tertiary/aromatic N) is 5. The van der Waals surface area contributed by atoms with Crippen molar-refractivity contribution in [1.82, 2.24) is 19.7 Å². The second-order valence-corrected chi connectivity index (χ2v) is 7.34. The summed E-state index contributed by atoms with van der Waals surface area (Å²) < 4.78 is 54.0. The van der Waals surface area contributed by atoms with Crippen molar-refractivity contribution < 1.29 is 17.6 Å². The maximum Gasteiger partial charge on any atom is 0.435 e. The van der Waals surface area contributed by atoms with Crippen LogP contribution >= 0.6 is 0 Å². The van der Waals surface area contributed by atoms with Gasteiger partial charge in [0.05, 0.1) is 5.69 Å². The second-order valence-electron chi connectivity index (χ2n) is 7.34. The normalized spacial score (nSPS) is 18.5. The third-order valence-corrected chi connectivity index (χ3v) is 5.26. The van der Waals surface area contributed by atoms with Gasteiger partial charge in [0.1, 0.15) is 6.33 Å². The molecule has 6 nitrogen and oxygen atoms in total. The Kier molecular flexibility index (Phi) is 4.80. The molecule has 2 fully saturated rings. The molecule has 2 aromatic rings. The fourth-order valence-electron chi connectivity index (χ4n) is 3.54. The molecule has 0 N–H and O–H groups in total. The molecule has 0 radical (unpaired) electrons. The molecule has 1 aliphatic carbocycles. The van der Waals surface area contributed by atoms with Gasteiger partial charge in [-0.2, -0.15) is 18.3 Å². The maximum absolute atomic E-state index is 14.7. The second kappa shape index (κ2) is 7.14. The first-order chi connectivity index (χ1) is 13.3. The van der Waals surface area contributed by atoms with Crippen molar-refractivity contribution >= 4 is 5.82 Å². The average molecular weight is 397 g/mol. The zero-order valence-corrected chi connectivity index (χ0v) is 15.0. The van der Waals surface area contributed by atoms with Crippen LogP contribution in [-0.4, -0.2) is 32.8 Å². The van der Waals surface area contributed by atoms with Crippen molar-refractivity contribution in [3.8, 4) is 0 Å². The number of halogens is 4. The Hall–Kier alpha value is -2.52. The van der Waals surface area contributed by atoms with E-state index in [0.29, 0.717) is 37.7 Å². The van der Waals surface area contributed by atoms with Gasteiger partial charge in [0.2, 0.25) is 0 Å². The number of anilines is 1. The molecule has 0 amide bonds. The first-order valence-electron chi connectivity index (χ1n) is 9.23. The molecule has 3 heterocycles. The molecular formula is C18H19F4N5O. The van der Waals surface area contributed by atoms with E-state index in [1.54, 1.807) is 0 Å².